The van der Waals surface area contributed by atoms with Crippen LogP contribution in [-0.4, -0.2) is 45.2 Å². The highest BCUT2D eigenvalue weighted by Gasteiger charge is 2.31. The number of amides is 1. The van der Waals surface area contributed by atoms with Crippen LogP contribution in [0.1, 0.15) is 41.0 Å². The highest BCUT2D eigenvalue weighted by atomic mass is 35.5. The topological polar surface area (TPSA) is 76.2 Å². The smallest absolute Gasteiger partial charge is 0.290 e. The fraction of sp³-hybridized carbons (Fsp3) is 0.381. The Morgan fingerprint density at radius 2 is 1.86 bits per heavy atom. The molecule has 4 heterocycles. The number of hydrogen-bond acceptors (Lipinski definition) is 5. The van der Waals surface area contributed by atoms with Gasteiger partial charge in [-0.15, -0.1) is 22.6 Å². The van der Waals surface area contributed by atoms with Gasteiger partial charge in [0.15, 0.2) is 5.76 Å². The van der Waals surface area contributed by atoms with Crippen molar-refractivity contribution in [3.8, 4) is 11.1 Å². The number of nitrogens with one attached hydrogen (secondary N) is 1. The lowest BCUT2D eigenvalue weighted by molar-refractivity contribution is 0.0679. The molecule has 1 aromatic carbocycles. The second-order valence-corrected chi connectivity index (χ2v) is 7.40. The molecule has 2 aromatic heterocycles. The van der Waals surface area contributed by atoms with Crippen molar-refractivity contribution >= 4 is 18.3 Å². The zero-order valence-electron chi connectivity index (χ0n) is 16.1. The fourth-order valence-electron chi connectivity index (χ4n) is 4.22. The van der Waals surface area contributed by atoms with E-state index in [-0.39, 0.29) is 18.3 Å². The lowest BCUT2D eigenvalue weighted by Gasteiger charge is -2.31. The van der Waals surface area contributed by atoms with E-state index < -0.39 is 0 Å². The Balaban J connectivity index is 0.00000205. The summed E-state index contributed by atoms with van der Waals surface area (Å²) in [5.41, 5.74) is 1.85. The molecule has 2 aliphatic rings. The molecule has 5 rings (SSSR count). The minimum atomic E-state index is -0.0326. The number of furan rings is 1. The van der Waals surface area contributed by atoms with Gasteiger partial charge in [-0.05, 0) is 24.5 Å². The van der Waals surface area contributed by atoms with E-state index in [4.69, 9.17) is 4.42 Å². The van der Waals surface area contributed by atoms with E-state index in [1.54, 1.807) is 6.26 Å². The first kappa shape index (κ1) is 19.7. The summed E-state index contributed by atoms with van der Waals surface area (Å²) in [7, 11) is 0. The van der Waals surface area contributed by atoms with Gasteiger partial charge in [0.1, 0.15) is 11.6 Å². The molecule has 0 radical (unpaired) electrons. The number of rotatable bonds is 3. The van der Waals surface area contributed by atoms with Crippen LogP contribution in [-0.2, 0) is 13.1 Å². The van der Waals surface area contributed by atoms with Crippen molar-refractivity contribution in [2.75, 3.05) is 19.6 Å². The molecular weight excluding hydrogens is 390 g/mol. The molecule has 152 valence electrons. The maximum Gasteiger partial charge on any atom is 0.290 e. The molecule has 0 aliphatic carbocycles. The van der Waals surface area contributed by atoms with Crippen molar-refractivity contribution in [1.82, 2.24) is 25.0 Å². The summed E-state index contributed by atoms with van der Waals surface area (Å²) in [5, 5.41) is 12.1. The molecule has 1 N–H and O–H groups in total. The predicted octanol–water partition coefficient (Wildman–Crippen LogP) is 3.08. The Morgan fingerprint density at radius 1 is 1.07 bits per heavy atom. The molecule has 0 saturated carbocycles. The average molecular weight is 414 g/mol. The van der Waals surface area contributed by atoms with E-state index in [1.165, 1.54) is 0 Å². The first-order valence-corrected chi connectivity index (χ1v) is 9.86. The van der Waals surface area contributed by atoms with Crippen molar-refractivity contribution in [3.05, 3.63) is 60.1 Å². The molecule has 1 fully saturated rings. The summed E-state index contributed by atoms with van der Waals surface area (Å²) in [5.74, 6) is 2.84. The normalized spacial score (nSPS) is 16.9. The van der Waals surface area contributed by atoms with Crippen LogP contribution in [0.25, 0.3) is 11.1 Å². The number of carbonyl (C=O) groups excluding carboxylic acids is 1. The molecular formula is C21H24ClN5O2. The van der Waals surface area contributed by atoms with Crippen LogP contribution in [0.15, 0.2) is 47.1 Å². The third-order valence-electron chi connectivity index (χ3n) is 5.74. The van der Waals surface area contributed by atoms with Gasteiger partial charge in [0.25, 0.3) is 5.91 Å². The van der Waals surface area contributed by atoms with Crippen LogP contribution in [0.5, 0.6) is 0 Å². The second-order valence-electron chi connectivity index (χ2n) is 7.40. The molecule has 0 spiro atoms. The van der Waals surface area contributed by atoms with Crippen LogP contribution in [0.2, 0.25) is 0 Å². The zero-order valence-corrected chi connectivity index (χ0v) is 16.9. The van der Waals surface area contributed by atoms with Gasteiger partial charge < -0.3 is 19.2 Å². The van der Waals surface area contributed by atoms with E-state index in [0.717, 1.165) is 55.3 Å². The van der Waals surface area contributed by atoms with Crippen LogP contribution in [0.4, 0.5) is 0 Å². The van der Waals surface area contributed by atoms with Crippen LogP contribution >= 0.6 is 12.4 Å². The zero-order chi connectivity index (χ0) is 18.9. The third kappa shape index (κ3) is 3.68. The van der Waals surface area contributed by atoms with Crippen LogP contribution in [0.3, 0.4) is 0 Å². The van der Waals surface area contributed by atoms with Crippen molar-refractivity contribution in [3.63, 3.8) is 0 Å². The van der Waals surface area contributed by atoms with Crippen LogP contribution < -0.4 is 5.32 Å². The number of likely N-dealkylation sites (tertiary alicyclic amines) is 1. The standard InChI is InChI=1S/C21H23N5O2.ClH/c27-21(19-17(8-13-28-19)15-4-2-1-3-5-15)25-10-6-16(7-11-25)20-24-23-18-14-22-9-12-26(18)20;/h1-5,8,13,16,22H,6-7,9-12,14H2;1H. The molecule has 0 atom stereocenters. The first-order chi connectivity index (χ1) is 13.8. The lowest BCUT2D eigenvalue weighted by atomic mass is 9.95. The molecule has 2 aliphatic heterocycles. The molecule has 3 aromatic rings. The van der Waals surface area contributed by atoms with E-state index in [1.807, 2.05) is 41.3 Å². The van der Waals surface area contributed by atoms with E-state index in [2.05, 4.69) is 20.1 Å². The van der Waals surface area contributed by atoms with Gasteiger partial charge in [0.05, 0.1) is 12.8 Å². The van der Waals surface area contributed by atoms with E-state index in [9.17, 15) is 4.79 Å². The summed E-state index contributed by atoms with van der Waals surface area (Å²) in [6.07, 6.45) is 3.40. The van der Waals surface area contributed by atoms with Crippen LogP contribution in [0, 0.1) is 0 Å². The average Bonchev–Trinajstić information content (AvgIpc) is 3.41. The molecule has 8 heteroatoms. The summed E-state index contributed by atoms with van der Waals surface area (Å²) < 4.78 is 7.83. The lowest BCUT2D eigenvalue weighted by Crippen LogP contribution is -2.39. The largest absolute Gasteiger partial charge is 0.459 e. The molecule has 0 bridgehead atoms. The van der Waals surface area contributed by atoms with Gasteiger partial charge in [0, 0.05) is 37.7 Å². The highest BCUT2D eigenvalue weighted by Crippen LogP contribution is 2.31. The van der Waals surface area contributed by atoms with Gasteiger partial charge in [-0.3, -0.25) is 4.79 Å². The second kappa shape index (κ2) is 8.39. The summed E-state index contributed by atoms with van der Waals surface area (Å²) in [6.45, 7) is 4.07. The Bertz CT molecular complexity index is 976. The van der Waals surface area contributed by atoms with Gasteiger partial charge >= 0.3 is 0 Å². The summed E-state index contributed by atoms with van der Waals surface area (Å²) in [4.78, 5) is 15.0. The number of carbonyl (C=O) groups is 1. The molecule has 7 nitrogen and oxygen atoms in total. The number of hydrogen-bond donors (Lipinski definition) is 1. The minimum Gasteiger partial charge on any atom is -0.459 e. The summed E-state index contributed by atoms with van der Waals surface area (Å²) in [6, 6.07) is 11.8. The monoisotopic (exact) mass is 413 g/mol. The number of nitrogens with zero attached hydrogens (tertiary/aromatic N) is 4. The first-order valence-electron chi connectivity index (χ1n) is 9.86. The van der Waals surface area contributed by atoms with Gasteiger partial charge in [-0.2, -0.15) is 0 Å². The minimum absolute atomic E-state index is 0. The molecule has 1 amide bonds. The number of benzene rings is 1. The van der Waals surface area contributed by atoms with E-state index in [0.29, 0.717) is 24.8 Å². The Morgan fingerprint density at radius 3 is 2.66 bits per heavy atom. The summed E-state index contributed by atoms with van der Waals surface area (Å²) >= 11 is 0. The SMILES string of the molecule is Cl.O=C(c1occc1-c1ccccc1)N1CCC(c2nnc3n2CCNC3)CC1. The Labute approximate surface area is 175 Å². The van der Waals surface area contributed by atoms with Gasteiger partial charge in [-0.1, -0.05) is 30.3 Å². The molecule has 29 heavy (non-hydrogen) atoms. The van der Waals surface area contributed by atoms with Crippen molar-refractivity contribution in [1.29, 1.82) is 0 Å². The predicted molar refractivity (Wildman–Crippen MR) is 111 cm³/mol. The van der Waals surface area contributed by atoms with Crippen molar-refractivity contribution < 1.29 is 9.21 Å². The van der Waals surface area contributed by atoms with Gasteiger partial charge in [0.2, 0.25) is 0 Å². The Hall–Kier alpha value is -2.64. The van der Waals surface area contributed by atoms with Crippen molar-refractivity contribution in [2.45, 2.75) is 31.8 Å². The highest BCUT2D eigenvalue weighted by molar-refractivity contribution is 5.98. The molecule has 0 unspecified atom stereocenters. The maximum absolute atomic E-state index is 13.1. The maximum atomic E-state index is 13.1. The number of fused-ring (bicyclic) bond motifs is 1. The number of aromatic nitrogens is 3. The van der Waals surface area contributed by atoms with Crippen molar-refractivity contribution in [2.24, 2.45) is 0 Å². The molecule has 1 saturated heterocycles. The van der Waals surface area contributed by atoms with Gasteiger partial charge in [-0.25, -0.2) is 0 Å². The number of halogens is 1. The fourth-order valence-corrected chi connectivity index (χ4v) is 4.22. The quantitative estimate of drug-likeness (QED) is 0.714. The Kier molecular flexibility index (Phi) is 5.69. The number of piperidine rings is 1. The van der Waals surface area contributed by atoms with E-state index >= 15 is 0 Å². The third-order valence-corrected chi connectivity index (χ3v) is 5.74.